The van der Waals surface area contributed by atoms with E-state index in [9.17, 15) is 0 Å². The van der Waals surface area contributed by atoms with Crippen LogP contribution >= 0.6 is 0 Å². The van der Waals surface area contributed by atoms with Gasteiger partial charge in [-0.3, -0.25) is 0 Å². The Kier molecular flexibility index (Phi) is 5.25. The van der Waals surface area contributed by atoms with Crippen LogP contribution in [0.1, 0.15) is 23.9 Å². The summed E-state index contributed by atoms with van der Waals surface area (Å²) in [5.74, 6) is 3.91. The smallest absolute Gasteiger partial charge is 0.161 e. The Morgan fingerprint density at radius 3 is 2.62 bits per heavy atom. The predicted molar refractivity (Wildman–Crippen MR) is 115 cm³/mol. The molecular formula is C23H26N4O2. The molecule has 6 nitrogen and oxygen atoms in total. The number of aromatic nitrogens is 2. The number of anilines is 3. The molecule has 29 heavy (non-hydrogen) atoms. The van der Waals surface area contributed by atoms with Gasteiger partial charge in [0, 0.05) is 24.3 Å². The topological polar surface area (TPSA) is 59.5 Å². The fourth-order valence-electron chi connectivity index (χ4n) is 3.86. The predicted octanol–water partition coefficient (Wildman–Crippen LogP) is 4.50. The molecule has 0 saturated heterocycles. The average Bonchev–Trinajstić information content (AvgIpc) is 3.07. The van der Waals surface area contributed by atoms with E-state index in [4.69, 9.17) is 14.5 Å². The second-order valence-corrected chi connectivity index (χ2v) is 7.25. The third-order valence-electron chi connectivity index (χ3n) is 5.20. The molecule has 6 heteroatoms. The van der Waals surface area contributed by atoms with Gasteiger partial charge in [0.05, 0.1) is 14.2 Å². The van der Waals surface area contributed by atoms with Crippen LogP contribution in [0, 0.1) is 6.92 Å². The molecule has 1 aliphatic heterocycles. The average molecular weight is 390 g/mol. The quantitative estimate of drug-likeness (QED) is 0.669. The number of nitrogens with one attached hydrogen (secondary N) is 1. The Morgan fingerprint density at radius 2 is 1.83 bits per heavy atom. The largest absolute Gasteiger partial charge is 0.493 e. The van der Waals surface area contributed by atoms with Crippen molar-refractivity contribution in [2.45, 2.75) is 32.9 Å². The lowest BCUT2D eigenvalue weighted by Gasteiger charge is -2.24. The SMILES string of the molecule is COc1ccc(CNc2cc(N3c4ccccc4CC3C)nc(C)n2)cc1OC. The van der Waals surface area contributed by atoms with Gasteiger partial charge >= 0.3 is 0 Å². The van der Waals surface area contributed by atoms with Crippen molar-refractivity contribution in [3.8, 4) is 11.5 Å². The Labute approximate surface area is 171 Å². The molecule has 0 fully saturated rings. The van der Waals surface area contributed by atoms with Gasteiger partial charge in [0.15, 0.2) is 11.5 Å². The first kappa shape index (κ1) is 19.1. The van der Waals surface area contributed by atoms with Crippen LogP contribution in [0.15, 0.2) is 48.5 Å². The highest BCUT2D eigenvalue weighted by Gasteiger charge is 2.28. The van der Waals surface area contributed by atoms with Gasteiger partial charge in [-0.25, -0.2) is 9.97 Å². The molecule has 1 aromatic heterocycles. The van der Waals surface area contributed by atoms with Crippen LogP contribution in [0.25, 0.3) is 0 Å². The molecule has 3 aromatic rings. The zero-order valence-corrected chi connectivity index (χ0v) is 17.3. The molecule has 1 unspecified atom stereocenters. The fraction of sp³-hybridized carbons (Fsp3) is 0.304. The summed E-state index contributed by atoms with van der Waals surface area (Å²) >= 11 is 0. The molecule has 0 spiro atoms. The van der Waals surface area contributed by atoms with Crippen molar-refractivity contribution in [3.05, 3.63) is 65.5 Å². The highest BCUT2D eigenvalue weighted by Crippen LogP contribution is 2.37. The van der Waals surface area contributed by atoms with Gasteiger partial charge < -0.3 is 19.7 Å². The first-order valence-electron chi connectivity index (χ1n) is 9.76. The van der Waals surface area contributed by atoms with E-state index in [1.165, 1.54) is 11.3 Å². The number of methoxy groups -OCH3 is 2. The summed E-state index contributed by atoms with van der Waals surface area (Å²) in [6, 6.07) is 16.8. The Balaban J connectivity index is 1.57. The Hall–Kier alpha value is -3.28. The van der Waals surface area contributed by atoms with E-state index in [0.717, 1.165) is 35.2 Å². The second-order valence-electron chi connectivity index (χ2n) is 7.25. The lowest BCUT2D eigenvalue weighted by atomic mass is 10.1. The summed E-state index contributed by atoms with van der Waals surface area (Å²) in [4.78, 5) is 11.6. The lowest BCUT2D eigenvalue weighted by Crippen LogP contribution is -2.25. The third kappa shape index (κ3) is 3.83. The molecule has 0 saturated carbocycles. The van der Waals surface area contributed by atoms with E-state index >= 15 is 0 Å². The summed E-state index contributed by atoms with van der Waals surface area (Å²) < 4.78 is 10.7. The zero-order chi connectivity index (χ0) is 20.4. The van der Waals surface area contributed by atoms with Gasteiger partial charge in [-0.1, -0.05) is 24.3 Å². The standard InChI is InChI=1S/C23H26N4O2/c1-15-11-18-7-5-6-8-19(18)27(15)23-13-22(25-16(2)26-23)24-14-17-9-10-20(28-3)21(12-17)29-4/h5-10,12-13,15H,11,14H2,1-4H3,(H,24,25,26). The monoisotopic (exact) mass is 390 g/mol. The molecule has 150 valence electrons. The maximum absolute atomic E-state index is 5.39. The molecule has 0 radical (unpaired) electrons. The molecule has 4 rings (SSSR count). The number of para-hydroxylation sites is 1. The van der Waals surface area contributed by atoms with E-state index in [1.807, 2.05) is 31.2 Å². The van der Waals surface area contributed by atoms with E-state index in [1.54, 1.807) is 14.2 Å². The first-order chi connectivity index (χ1) is 14.1. The minimum absolute atomic E-state index is 0.361. The summed E-state index contributed by atoms with van der Waals surface area (Å²) in [5.41, 5.74) is 3.67. The normalized spacial score (nSPS) is 15.2. The van der Waals surface area contributed by atoms with Crippen LogP contribution in [0.4, 0.5) is 17.3 Å². The van der Waals surface area contributed by atoms with Crippen LogP contribution in [0.2, 0.25) is 0 Å². The van der Waals surface area contributed by atoms with Crippen molar-refractivity contribution in [1.29, 1.82) is 0 Å². The number of hydrogen-bond donors (Lipinski definition) is 1. The molecular weight excluding hydrogens is 364 g/mol. The number of rotatable bonds is 6. The number of aryl methyl sites for hydroxylation is 1. The van der Waals surface area contributed by atoms with Crippen molar-refractivity contribution < 1.29 is 9.47 Å². The van der Waals surface area contributed by atoms with Crippen molar-refractivity contribution >= 4 is 17.3 Å². The van der Waals surface area contributed by atoms with Crippen LogP contribution in [0.3, 0.4) is 0 Å². The van der Waals surface area contributed by atoms with Gasteiger partial charge in [0.2, 0.25) is 0 Å². The maximum Gasteiger partial charge on any atom is 0.161 e. The number of ether oxygens (including phenoxy) is 2. The zero-order valence-electron chi connectivity index (χ0n) is 17.3. The van der Waals surface area contributed by atoms with Crippen molar-refractivity contribution in [3.63, 3.8) is 0 Å². The summed E-state index contributed by atoms with van der Waals surface area (Å²) in [7, 11) is 3.28. The van der Waals surface area contributed by atoms with Crippen molar-refractivity contribution in [1.82, 2.24) is 9.97 Å². The van der Waals surface area contributed by atoms with E-state index in [0.29, 0.717) is 18.3 Å². The second kappa shape index (κ2) is 7.99. The molecule has 1 aliphatic rings. The minimum Gasteiger partial charge on any atom is -0.493 e. The molecule has 0 bridgehead atoms. The summed E-state index contributed by atoms with van der Waals surface area (Å²) in [6.07, 6.45) is 1.02. The Morgan fingerprint density at radius 1 is 1.03 bits per heavy atom. The van der Waals surface area contributed by atoms with Crippen LogP contribution in [-0.2, 0) is 13.0 Å². The highest BCUT2D eigenvalue weighted by atomic mass is 16.5. The van der Waals surface area contributed by atoms with Crippen LogP contribution in [-0.4, -0.2) is 30.2 Å². The number of benzene rings is 2. The summed E-state index contributed by atoms with van der Waals surface area (Å²) in [6.45, 7) is 4.79. The van der Waals surface area contributed by atoms with Gasteiger partial charge in [-0.05, 0) is 49.6 Å². The van der Waals surface area contributed by atoms with E-state index in [2.05, 4.69) is 46.4 Å². The molecule has 0 amide bonds. The number of hydrogen-bond acceptors (Lipinski definition) is 6. The highest BCUT2D eigenvalue weighted by molar-refractivity contribution is 5.70. The minimum atomic E-state index is 0.361. The van der Waals surface area contributed by atoms with Gasteiger partial charge in [-0.2, -0.15) is 0 Å². The molecule has 2 aromatic carbocycles. The van der Waals surface area contributed by atoms with E-state index in [-0.39, 0.29) is 0 Å². The van der Waals surface area contributed by atoms with Gasteiger partial charge in [0.25, 0.3) is 0 Å². The van der Waals surface area contributed by atoms with Crippen molar-refractivity contribution in [2.75, 3.05) is 24.4 Å². The van der Waals surface area contributed by atoms with E-state index < -0.39 is 0 Å². The van der Waals surface area contributed by atoms with Gasteiger partial charge in [0.1, 0.15) is 17.5 Å². The molecule has 0 aliphatic carbocycles. The molecule has 2 heterocycles. The summed E-state index contributed by atoms with van der Waals surface area (Å²) in [5, 5.41) is 3.42. The lowest BCUT2D eigenvalue weighted by molar-refractivity contribution is 0.354. The number of fused-ring (bicyclic) bond motifs is 1. The van der Waals surface area contributed by atoms with Crippen molar-refractivity contribution in [2.24, 2.45) is 0 Å². The molecule has 1 N–H and O–H groups in total. The number of nitrogens with zero attached hydrogens (tertiary/aromatic N) is 3. The molecule has 1 atom stereocenters. The third-order valence-corrected chi connectivity index (χ3v) is 5.20. The Bertz CT molecular complexity index is 1020. The maximum atomic E-state index is 5.39. The van der Waals surface area contributed by atoms with Crippen LogP contribution in [0.5, 0.6) is 11.5 Å². The fourth-order valence-corrected chi connectivity index (χ4v) is 3.86. The first-order valence-corrected chi connectivity index (χ1v) is 9.76. The van der Waals surface area contributed by atoms with Gasteiger partial charge in [-0.15, -0.1) is 0 Å². The van der Waals surface area contributed by atoms with Crippen LogP contribution < -0.4 is 19.7 Å².